The van der Waals surface area contributed by atoms with Gasteiger partial charge in [0.25, 0.3) is 5.91 Å². The molecule has 0 aliphatic carbocycles. The van der Waals surface area contributed by atoms with Crippen LogP contribution in [0.25, 0.3) is 16.8 Å². The Morgan fingerprint density at radius 3 is 2.46 bits per heavy atom. The van der Waals surface area contributed by atoms with Crippen LogP contribution in [0.4, 0.5) is 0 Å². The van der Waals surface area contributed by atoms with Crippen LogP contribution in [0.1, 0.15) is 21.7 Å². The Kier molecular flexibility index (Phi) is 4.97. The van der Waals surface area contributed by atoms with Gasteiger partial charge in [0.05, 0.1) is 5.69 Å². The van der Waals surface area contributed by atoms with E-state index in [9.17, 15) is 4.79 Å². The molecule has 1 heterocycles. The molecule has 4 rings (SSSR count). The molecule has 0 saturated carbocycles. The van der Waals surface area contributed by atoms with Crippen molar-refractivity contribution in [1.82, 2.24) is 20.1 Å². The van der Waals surface area contributed by atoms with Crippen molar-refractivity contribution in [2.75, 3.05) is 0 Å². The van der Waals surface area contributed by atoms with Gasteiger partial charge in [-0.2, -0.15) is 0 Å². The number of amides is 1. The molecule has 1 aromatic heterocycles. The molecule has 0 saturated heterocycles. The molecule has 0 bridgehead atoms. The highest BCUT2D eigenvalue weighted by molar-refractivity contribution is 5.90. The smallest absolute Gasteiger partial charge is 0.291 e. The molecule has 28 heavy (non-hydrogen) atoms. The summed E-state index contributed by atoms with van der Waals surface area (Å²) in [4.78, 5) is 16.7. The summed E-state index contributed by atoms with van der Waals surface area (Å²) in [6.45, 7) is 2.40. The molecule has 0 aliphatic rings. The summed E-state index contributed by atoms with van der Waals surface area (Å²) in [5, 5.41) is 7.26. The van der Waals surface area contributed by atoms with E-state index in [0.29, 0.717) is 6.54 Å². The predicted octanol–water partition coefficient (Wildman–Crippen LogP) is 4.17. The third-order valence-corrected chi connectivity index (χ3v) is 4.60. The number of para-hydroxylation sites is 1. The molecule has 0 fully saturated rings. The molecule has 1 N–H and O–H groups in total. The van der Waals surface area contributed by atoms with E-state index in [2.05, 4.69) is 33.6 Å². The Labute approximate surface area is 163 Å². The summed E-state index contributed by atoms with van der Waals surface area (Å²) in [7, 11) is 0. The largest absolute Gasteiger partial charge is 0.345 e. The minimum absolute atomic E-state index is 0.153. The van der Waals surface area contributed by atoms with Gasteiger partial charge in [-0.15, -0.1) is 5.10 Å². The number of rotatable bonds is 5. The Hall–Kier alpha value is -3.73. The lowest BCUT2D eigenvalue weighted by atomic mass is 10.00. The number of carbonyl (C=O) groups is 1. The summed E-state index contributed by atoms with van der Waals surface area (Å²) in [6.07, 6.45) is 1.56. The van der Waals surface area contributed by atoms with Crippen molar-refractivity contribution < 1.29 is 4.79 Å². The molecule has 0 aliphatic heterocycles. The lowest BCUT2D eigenvalue weighted by Gasteiger charge is -2.10. The van der Waals surface area contributed by atoms with Gasteiger partial charge in [-0.05, 0) is 35.2 Å². The van der Waals surface area contributed by atoms with E-state index in [4.69, 9.17) is 0 Å². The van der Waals surface area contributed by atoms with Crippen molar-refractivity contribution in [3.63, 3.8) is 0 Å². The second-order valence-corrected chi connectivity index (χ2v) is 6.51. The third-order valence-electron chi connectivity index (χ3n) is 4.60. The summed E-state index contributed by atoms with van der Waals surface area (Å²) >= 11 is 0. The minimum Gasteiger partial charge on any atom is -0.345 e. The van der Waals surface area contributed by atoms with Gasteiger partial charge < -0.3 is 5.32 Å². The summed E-state index contributed by atoms with van der Waals surface area (Å²) in [5.41, 5.74) is 5.23. The molecule has 138 valence electrons. The number of benzene rings is 3. The Morgan fingerprint density at radius 1 is 0.929 bits per heavy atom. The van der Waals surface area contributed by atoms with Crippen molar-refractivity contribution in [1.29, 1.82) is 0 Å². The van der Waals surface area contributed by atoms with Gasteiger partial charge in [-0.3, -0.25) is 4.79 Å². The SMILES string of the molecule is Cc1ccccc1-n1cnc(C(=O)NCc2ccccc2-c2ccccc2)n1. The topological polar surface area (TPSA) is 59.8 Å². The number of aromatic nitrogens is 3. The normalized spacial score (nSPS) is 10.6. The first kappa shape index (κ1) is 17.7. The van der Waals surface area contributed by atoms with Crippen LogP contribution in [0.2, 0.25) is 0 Å². The highest BCUT2D eigenvalue weighted by atomic mass is 16.2. The number of nitrogens with one attached hydrogen (secondary N) is 1. The van der Waals surface area contributed by atoms with Gasteiger partial charge in [0, 0.05) is 6.54 Å². The van der Waals surface area contributed by atoms with E-state index >= 15 is 0 Å². The average molecular weight is 368 g/mol. The molecular weight excluding hydrogens is 348 g/mol. The highest BCUT2D eigenvalue weighted by Crippen LogP contribution is 2.23. The van der Waals surface area contributed by atoms with Gasteiger partial charge >= 0.3 is 0 Å². The maximum absolute atomic E-state index is 12.5. The minimum atomic E-state index is -0.296. The summed E-state index contributed by atoms with van der Waals surface area (Å²) in [6, 6.07) is 26.0. The third kappa shape index (κ3) is 3.69. The fourth-order valence-electron chi connectivity index (χ4n) is 3.13. The van der Waals surface area contributed by atoms with Crippen LogP contribution in [0, 0.1) is 6.92 Å². The maximum Gasteiger partial charge on any atom is 0.291 e. The molecule has 1 amide bonds. The van der Waals surface area contributed by atoms with Crippen LogP contribution in [-0.2, 0) is 6.54 Å². The standard InChI is InChI=1S/C23H20N4O/c1-17-9-5-8-14-21(17)27-16-25-22(26-27)23(28)24-15-19-12-6-7-13-20(19)18-10-3-2-4-11-18/h2-14,16H,15H2,1H3,(H,24,28). The summed E-state index contributed by atoms with van der Waals surface area (Å²) < 4.78 is 1.63. The molecule has 0 radical (unpaired) electrons. The zero-order valence-electron chi connectivity index (χ0n) is 15.5. The second-order valence-electron chi connectivity index (χ2n) is 6.51. The lowest BCUT2D eigenvalue weighted by molar-refractivity contribution is 0.0940. The molecule has 5 heteroatoms. The lowest BCUT2D eigenvalue weighted by Crippen LogP contribution is -2.24. The monoisotopic (exact) mass is 368 g/mol. The van der Waals surface area contributed by atoms with Crippen LogP contribution in [0.5, 0.6) is 0 Å². The van der Waals surface area contributed by atoms with Gasteiger partial charge in [0.1, 0.15) is 6.33 Å². The zero-order valence-corrected chi connectivity index (χ0v) is 15.5. The quantitative estimate of drug-likeness (QED) is 0.575. The van der Waals surface area contributed by atoms with Crippen molar-refractivity contribution in [3.05, 3.63) is 102 Å². The van der Waals surface area contributed by atoms with Crippen LogP contribution < -0.4 is 5.32 Å². The number of carbonyl (C=O) groups excluding carboxylic acids is 1. The Morgan fingerprint density at radius 2 is 1.64 bits per heavy atom. The average Bonchev–Trinajstić information content (AvgIpc) is 3.23. The Balaban J connectivity index is 1.50. The molecule has 5 nitrogen and oxygen atoms in total. The van der Waals surface area contributed by atoms with E-state index in [1.54, 1.807) is 11.0 Å². The van der Waals surface area contributed by atoms with Crippen LogP contribution in [-0.4, -0.2) is 20.7 Å². The van der Waals surface area contributed by atoms with E-state index in [0.717, 1.165) is 27.9 Å². The molecule has 4 aromatic rings. The van der Waals surface area contributed by atoms with Gasteiger partial charge in [-0.1, -0.05) is 72.8 Å². The maximum atomic E-state index is 12.5. The van der Waals surface area contributed by atoms with Crippen LogP contribution in [0.3, 0.4) is 0 Å². The predicted molar refractivity (Wildman–Crippen MR) is 109 cm³/mol. The fourth-order valence-corrected chi connectivity index (χ4v) is 3.13. The van der Waals surface area contributed by atoms with Gasteiger partial charge in [0.2, 0.25) is 5.82 Å². The van der Waals surface area contributed by atoms with Crippen LogP contribution >= 0.6 is 0 Å². The van der Waals surface area contributed by atoms with Crippen LogP contribution in [0.15, 0.2) is 85.2 Å². The number of hydrogen-bond acceptors (Lipinski definition) is 3. The zero-order chi connectivity index (χ0) is 19.3. The van der Waals surface area contributed by atoms with E-state index in [1.165, 1.54) is 0 Å². The van der Waals surface area contributed by atoms with Crippen molar-refractivity contribution in [3.8, 4) is 16.8 Å². The van der Waals surface area contributed by atoms with E-state index in [1.807, 2.05) is 67.6 Å². The first-order chi connectivity index (χ1) is 13.7. The first-order valence-corrected chi connectivity index (χ1v) is 9.11. The van der Waals surface area contributed by atoms with Gasteiger partial charge in [-0.25, -0.2) is 9.67 Å². The van der Waals surface area contributed by atoms with Crippen molar-refractivity contribution in [2.24, 2.45) is 0 Å². The number of hydrogen-bond donors (Lipinski definition) is 1. The fraction of sp³-hybridized carbons (Fsp3) is 0.0870. The van der Waals surface area contributed by atoms with Crippen molar-refractivity contribution >= 4 is 5.91 Å². The first-order valence-electron chi connectivity index (χ1n) is 9.11. The molecule has 3 aromatic carbocycles. The van der Waals surface area contributed by atoms with Gasteiger partial charge in [0.15, 0.2) is 0 Å². The van der Waals surface area contributed by atoms with Crippen molar-refractivity contribution in [2.45, 2.75) is 13.5 Å². The van der Waals surface area contributed by atoms with E-state index in [-0.39, 0.29) is 11.7 Å². The highest BCUT2D eigenvalue weighted by Gasteiger charge is 2.13. The molecule has 0 spiro atoms. The summed E-state index contributed by atoms with van der Waals surface area (Å²) in [5.74, 6) is -0.143. The second kappa shape index (κ2) is 7.88. The molecular formula is C23H20N4O. The molecule has 0 unspecified atom stereocenters. The Bertz CT molecular complexity index is 1100. The number of aryl methyl sites for hydroxylation is 1. The van der Waals surface area contributed by atoms with E-state index < -0.39 is 0 Å². The molecule has 0 atom stereocenters. The number of nitrogens with zero attached hydrogens (tertiary/aromatic N) is 3.